The third-order valence-corrected chi connectivity index (χ3v) is 4.80. The van der Waals surface area contributed by atoms with Gasteiger partial charge in [-0.1, -0.05) is 23.7 Å². The van der Waals surface area contributed by atoms with Crippen LogP contribution in [0.1, 0.15) is 22.5 Å². The van der Waals surface area contributed by atoms with Crippen molar-refractivity contribution >= 4 is 11.6 Å². The number of hydrogen-bond donors (Lipinski definition) is 2. The lowest BCUT2D eigenvalue weighted by Crippen LogP contribution is -2.22. The second-order valence-electron chi connectivity index (χ2n) is 6.30. The molecule has 2 heterocycles. The summed E-state index contributed by atoms with van der Waals surface area (Å²) in [6.45, 7) is 6.43. The van der Waals surface area contributed by atoms with Crippen molar-refractivity contribution in [2.24, 2.45) is 5.92 Å². The van der Waals surface area contributed by atoms with E-state index in [0.717, 1.165) is 41.5 Å². The molecule has 0 spiro atoms. The number of aryl methyl sites for hydroxylation is 2. The van der Waals surface area contributed by atoms with Crippen LogP contribution in [-0.2, 0) is 13.0 Å². The van der Waals surface area contributed by atoms with E-state index in [0.29, 0.717) is 6.54 Å². The van der Waals surface area contributed by atoms with Gasteiger partial charge in [-0.25, -0.2) is 0 Å². The minimum Gasteiger partial charge on any atom is -0.391 e. The van der Waals surface area contributed by atoms with E-state index < -0.39 is 0 Å². The van der Waals surface area contributed by atoms with E-state index in [4.69, 9.17) is 11.6 Å². The van der Waals surface area contributed by atoms with Crippen molar-refractivity contribution < 1.29 is 5.11 Å². The van der Waals surface area contributed by atoms with Gasteiger partial charge in [-0.15, -0.1) is 0 Å². The second kappa shape index (κ2) is 6.41. The summed E-state index contributed by atoms with van der Waals surface area (Å²) in [7, 11) is 0. The monoisotopic (exact) mass is 319 g/mol. The summed E-state index contributed by atoms with van der Waals surface area (Å²) in [6.07, 6.45) is 0.503. The predicted octanol–water partition coefficient (Wildman–Crippen LogP) is 2.72. The van der Waals surface area contributed by atoms with Crippen LogP contribution in [0.25, 0.3) is 0 Å². The van der Waals surface area contributed by atoms with Gasteiger partial charge >= 0.3 is 0 Å². The van der Waals surface area contributed by atoms with Crippen LogP contribution in [0.5, 0.6) is 0 Å². The number of aliphatic hydroxyl groups excluding tert-OH is 1. The van der Waals surface area contributed by atoms with Crippen LogP contribution in [0.4, 0.5) is 0 Å². The smallest absolute Gasteiger partial charge is 0.0711 e. The van der Waals surface area contributed by atoms with Crippen LogP contribution < -0.4 is 0 Å². The first kappa shape index (κ1) is 15.5. The van der Waals surface area contributed by atoms with Crippen LogP contribution >= 0.6 is 11.6 Å². The van der Waals surface area contributed by atoms with Crippen molar-refractivity contribution in [2.75, 3.05) is 13.1 Å². The normalized spacial score (nSPS) is 22.4. The van der Waals surface area contributed by atoms with Gasteiger partial charge in [0, 0.05) is 36.3 Å². The Labute approximate surface area is 136 Å². The van der Waals surface area contributed by atoms with Crippen molar-refractivity contribution in [1.29, 1.82) is 0 Å². The van der Waals surface area contributed by atoms with E-state index in [2.05, 4.69) is 28.1 Å². The predicted molar refractivity (Wildman–Crippen MR) is 88.0 cm³/mol. The molecule has 1 aliphatic rings. The fourth-order valence-corrected chi connectivity index (χ4v) is 3.49. The van der Waals surface area contributed by atoms with E-state index in [-0.39, 0.29) is 12.0 Å². The highest BCUT2D eigenvalue weighted by atomic mass is 35.5. The molecule has 2 aromatic rings. The maximum absolute atomic E-state index is 10.3. The van der Waals surface area contributed by atoms with Gasteiger partial charge in [0.05, 0.1) is 11.8 Å². The number of nitrogens with one attached hydrogen (secondary N) is 1. The zero-order valence-electron chi connectivity index (χ0n) is 13.0. The van der Waals surface area contributed by atoms with Gasteiger partial charge in [-0.05, 0) is 43.5 Å². The molecule has 1 aliphatic heterocycles. The molecule has 2 unspecified atom stereocenters. The number of rotatable bonds is 4. The number of aromatic nitrogens is 2. The molecule has 0 bridgehead atoms. The van der Waals surface area contributed by atoms with Gasteiger partial charge < -0.3 is 5.11 Å². The summed E-state index contributed by atoms with van der Waals surface area (Å²) in [4.78, 5) is 2.28. The number of aromatic amines is 1. The Morgan fingerprint density at radius 3 is 2.86 bits per heavy atom. The zero-order chi connectivity index (χ0) is 15.7. The molecule has 0 saturated carbocycles. The number of β-amino-alcohol motifs (C(OH)–C–C–N with tert-alkyl or cyclic N) is 1. The summed E-state index contributed by atoms with van der Waals surface area (Å²) < 4.78 is 0. The van der Waals surface area contributed by atoms with Gasteiger partial charge in [0.2, 0.25) is 0 Å². The minimum absolute atomic E-state index is 0.227. The number of halogens is 1. The Morgan fingerprint density at radius 1 is 1.36 bits per heavy atom. The maximum Gasteiger partial charge on any atom is 0.0711 e. The van der Waals surface area contributed by atoms with Crippen LogP contribution in [0.2, 0.25) is 5.02 Å². The van der Waals surface area contributed by atoms with E-state index in [1.807, 2.05) is 25.1 Å². The van der Waals surface area contributed by atoms with Gasteiger partial charge in [-0.2, -0.15) is 5.10 Å². The van der Waals surface area contributed by atoms with Gasteiger partial charge in [0.15, 0.2) is 0 Å². The number of nitrogens with zero attached hydrogens (tertiary/aromatic N) is 2. The van der Waals surface area contributed by atoms with Crippen LogP contribution in [0, 0.1) is 19.8 Å². The molecule has 0 radical (unpaired) electrons. The Hall–Kier alpha value is -1.36. The highest BCUT2D eigenvalue weighted by Gasteiger charge is 2.32. The fraction of sp³-hybridized carbons (Fsp3) is 0.471. The van der Waals surface area contributed by atoms with Gasteiger partial charge in [-0.3, -0.25) is 10.00 Å². The third kappa shape index (κ3) is 3.35. The summed E-state index contributed by atoms with van der Waals surface area (Å²) in [5, 5.41) is 18.4. The standard InChI is InChI=1S/C17H22ClN3O/c1-11-4-3-5-16(18)15(11)9-21-8-13(17(22)10-21)7-14-6-12(2)19-20-14/h3-6,13,17,22H,7-10H2,1-2H3,(H,19,20). The topological polar surface area (TPSA) is 52.1 Å². The molecule has 2 N–H and O–H groups in total. The summed E-state index contributed by atoms with van der Waals surface area (Å²) >= 11 is 6.31. The quantitative estimate of drug-likeness (QED) is 0.911. The Balaban J connectivity index is 1.65. The fourth-order valence-electron chi connectivity index (χ4n) is 3.21. The highest BCUT2D eigenvalue weighted by Crippen LogP contribution is 2.26. The van der Waals surface area contributed by atoms with Crippen molar-refractivity contribution in [1.82, 2.24) is 15.1 Å². The van der Waals surface area contributed by atoms with E-state index in [9.17, 15) is 5.11 Å². The van der Waals surface area contributed by atoms with Gasteiger partial charge in [0.25, 0.3) is 0 Å². The number of benzene rings is 1. The van der Waals surface area contributed by atoms with Crippen molar-refractivity contribution in [3.63, 3.8) is 0 Å². The van der Waals surface area contributed by atoms with Crippen LogP contribution in [0.15, 0.2) is 24.3 Å². The average Bonchev–Trinajstić information content (AvgIpc) is 3.01. The summed E-state index contributed by atoms with van der Waals surface area (Å²) in [5.41, 5.74) is 4.45. The first-order valence-corrected chi connectivity index (χ1v) is 8.06. The summed E-state index contributed by atoms with van der Waals surface area (Å²) in [6, 6.07) is 8.04. The minimum atomic E-state index is -0.306. The lowest BCUT2D eigenvalue weighted by atomic mass is 10.00. The van der Waals surface area contributed by atoms with Crippen LogP contribution in [-0.4, -0.2) is 39.4 Å². The Morgan fingerprint density at radius 2 is 2.18 bits per heavy atom. The number of H-pyrrole nitrogens is 1. The Kier molecular flexibility index (Phi) is 4.52. The molecule has 4 nitrogen and oxygen atoms in total. The number of likely N-dealkylation sites (tertiary alicyclic amines) is 1. The highest BCUT2D eigenvalue weighted by molar-refractivity contribution is 6.31. The maximum atomic E-state index is 10.3. The molecular formula is C17H22ClN3O. The van der Waals surface area contributed by atoms with Crippen molar-refractivity contribution in [3.05, 3.63) is 51.8 Å². The first-order valence-electron chi connectivity index (χ1n) is 7.68. The first-order chi connectivity index (χ1) is 10.5. The molecule has 0 amide bonds. The largest absolute Gasteiger partial charge is 0.391 e. The molecule has 1 saturated heterocycles. The van der Waals surface area contributed by atoms with Crippen molar-refractivity contribution in [2.45, 2.75) is 32.9 Å². The molecular weight excluding hydrogens is 298 g/mol. The van der Waals surface area contributed by atoms with E-state index >= 15 is 0 Å². The Bertz CT molecular complexity index is 635. The average molecular weight is 320 g/mol. The molecule has 1 aromatic heterocycles. The number of hydrogen-bond acceptors (Lipinski definition) is 3. The molecule has 22 heavy (non-hydrogen) atoms. The molecule has 5 heteroatoms. The number of aliphatic hydroxyl groups is 1. The van der Waals surface area contributed by atoms with Gasteiger partial charge in [0.1, 0.15) is 0 Å². The lowest BCUT2D eigenvalue weighted by Gasteiger charge is -2.18. The van der Waals surface area contributed by atoms with E-state index in [1.165, 1.54) is 5.56 Å². The van der Waals surface area contributed by atoms with Crippen molar-refractivity contribution in [3.8, 4) is 0 Å². The molecule has 118 valence electrons. The molecule has 0 aliphatic carbocycles. The zero-order valence-corrected chi connectivity index (χ0v) is 13.8. The molecule has 2 atom stereocenters. The molecule has 1 fully saturated rings. The third-order valence-electron chi connectivity index (χ3n) is 4.45. The van der Waals surface area contributed by atoms with Crippen LogP contribution in [0.3, 0.4) is 0 Å². The molecule has 1 aromatic carbocycles. The molecule has 3 rings (SSSR count). The summed E-state index contributed by atoms with van der Waals surface area (Å²) in [5.74, 6) is 0.227. The second-order valence-corrected chi connectivity index (χ2v) is 6.71. The lowest BCUT2D eigenvalue weighted by molar-refractivity contribution is 0.140. The SMILES string of the molecule is Cc1cc(CC2CN(Cc3c(C)cccc3Cl)CC2O)n[nH]1. The van der Waals surface area contributed by atoms with E-state index in [1.54, 1.807) is 0 Å².